The lowest BCUT2D eigenvalue weighted by Crippen LogP contribution is -2.34. The van der Waals surface area contributed by atoms with Gasteiger partial charge in [-0.05, 0) is 37.1 Å². The molecule has 19 heavy (non-hydrogen) atoms. The lowest BCUT2D eigenvalue weighted by Gasteiger charge is -2.23. The van der Waals surface area contributed by atoms with Crippen molar-refractivity contribution in [1.82, 2.24) is 5.32 Å². The summed E-state index contributed by atoms with van der Waals surface area (Å²) in [4.78, 5) is 22.4. The first-order chi connectivity index (χ1) is 9.16. The summed E-state index contributed by atoms with van der Waals surface area (Å²) in [6, 6.07) is 6.75. The van der Waals surface area contributed by atoms with E-state index >= 15 is 0 Å². The van der Waals surface area contributed by atoms with Crippen molar-refractivity contribution in [3.05, 3.63) is 35.4 Å². The minimum atomic E-state index is -0.452. The van der Waals surface area contributed by atoms with E-state index in [4.69, 9.17) is 5.73 Å². The predicted molar refractivity (Wildman–Crippen MR) is 72.2 cm³/mol. The standard InChI is InChI=1S/C15H16N2O2/c16-14(18)12-8-6-11(7-9-12)3-2-10-17-15(19)13-4-1-5-13/h6-9,13H,1,4-5,10H2,(H2,16,18)(H,17,19). The van der Waals surface area contributed by atoms with Crippen LogP contribution in [0.2, 0.25) is 0 Å². The Hall–Kier alpha value is -2.28. The van der Waals surface area contributed by atoms with Crippen molar-refractivity contribution in [3.8, 4) is 11.8 Å². The molecule has 1 aliphatic carbocycles. The molecule has 0 saturated heterocycles. The van der Waals surface area contributed by atoms with E-state index in [9.17, 15) is 9.59 Å². The Bertz CT molecular complexity index is 534. The summed E-state index contributed by atoms with van der Waals surface area (Å²) in [5.41, 5.74) is 6.40. The van der Waals surface area contributed by atoms with Gasteiger partial charge in [-0.15, -0.1) is 0 Å². The Morgan fingerprint density at radius 1 is 1.26 bits per heavy atom. The minimum Gasteiger partial charge on any atom is -0.366 e. The average molecular weight is 256 g/mol. The molecule has 0 spiro atoms. The molecule has 0 heterocycles. The summed E-state index contributed by atoms with van der Waals surface area (Å²) in [6.45, 7) is 0.354. The second-order valence-corrected chi connectivity index (χ2v) is 4.59. The van der Waals surface area contributed by atoms with Crippen molar-refractivity contribution in [2.24, 2.45) is 11.7 Å². The average Bonchev–Trinajstić information content (AvgIpc) is 2.33. The molecule has 1 aromatic carbocycles. The molecule has 2 amide bonds. The van der Waals surface area contributed by atoms with Crippen LogP contribution in [0.25, 0.3) is 0 Å². The van der Waals surface area contributed by atoms with Crippen molar-refractivity contribution < 1.29 is 9.59 Å². The molecule has 0 unspecified atom stereocenters. The van der Waals surface area contributed by atoms with Gasteiger partial charge >= 0.3 is 0 Å². The molecule has 0 aromatic heterocycles. The van der Waals surface area contributed by atoms with Crippen LogP contribution in [0.15, 0.2) is 24.3 Å². The number of hydrogen-bond donors (Lipinski definition) is 2. The van der Waals surface area contributed by atoms with Gasteiger partial charge in [-0.25, -0.2) is 0 Å². The van der Waals surface area contributed by atoms with E-state index in [1.807, 2.05) is 0 Å². The fourth-order valence-electron chi connectivity index (χ4n) is 1.81. The number of nitrogens with two attached hydrogens (primary N) is 1. The highest BCUT2D eigenvalue weighted by Gasteiger charge is 2.24. The number of carbonyl (C=O) groups is 2. The van der Waals surface area contributed by atoms with Gasteiger partial charge < -0.3 is 11.1 Å². The molecule has 1 aromatic rings. The van der Waals surface area contributed by atoms with E-state index in [2.05, 4.69) is 17.2 Å². The van der Waals surface area contributed by atoms with Crippen molar-refractivity contribution in [1.29, 1.82) is 0 Å². The summed E-state index contributed by atoms with van der Waals surface area (Å²) in [5.74, 6) is 5.65. The van der Waals surface area contributed by atoms with Gasteiger partial charge in [0.2, 0.25) is 11.8 Å². The normalized spacial score (nSPS) is 13.9. The summed E-state index contributed by atoms with van der Waals surface area (Å²) in [6.07, 6.45) is 3.14. The molecule has 0 atom stereocenters. The second-order valence-electron chi connectivity index (χ2n) is 4.59. The van der Waals surface area contributed by atoms with E-state index in [1.165, 1.54) is 0 Å². The first kappa shape index (κ1) is 13.2. The van der Waals surface area contributed by atoms with E-state index in [0.717, 1.165) is 24.8 Å². The van der Waals surface area contributed by atoms with Gasteiger partial charge in [0.25, 0.3) is 0 Å². The Balaban J connectivity index is 1.82. The summed E-state index contributed by atoms with van der Waals surface area (Å²) >= 11 is 0. The Morgan fingerprint density at radius 2 is 1.95 bits per heavy atom. The minimum absolute atomic E-state index is 0.102. The molecule has 1 saturated carbocycles. The molecule has 98 valence electrons. The fourth-order valence-corrected chi connectivity index (χ4v) is 1.81. The molecular weight excluding hydrogens is 240 g/mol. The van der Waals surface area contributed by atoms with Gasteiger partial charge in [0, 0.05) is 17.0 Å². The van der Waals surface area contributed by atoms with Gasteiger partial charge in [0.05, 0.1) is 6.54 Å². The lowest BCUT2D eigenvalue weighted by molar-refractivity contribution is -0.127. The highest BCUT2D eigenvalue weighted by molar-refractivity contribution is 5.92. The Morgan fingerprint density at radius 3 is 2.47 bits per heavy atom. The van der Waals surface area contributed by atoms with Crippen LogP contribution in [-0.2, 0) is 4.79 Å². The number of carbonyl (C=O) groups excluding carboxylic acids is 2. The van der Waals surface area contributed by atoms with Crippen LogP contribution in [0.5, 0.6) is 0 Å². The number of nitrogens with one attached hydrogen (secondary N) is 1. The zero-order chi connectivity index (χ0) is 13.7. The Kier molecular flexibility index (Phi) is 4.19. The maximum Gasteiger partial charge on any atom is 0.248 e. The Labute approximate surface area is 112 Å². The van der Waals surface area contributed by atoms with Crippen LogP contribution in [0.3, 0.4) is 0 Å². The van der Waals surface area contributed by atoms with Crippen LogP contribution >= 0.6 is 0 Å². The first-order valence-electron chi connectivity index (χ1n) is 6.33. The maximum absolute atomic E-state index is 11.5. The molecule has 0 aliphatic heterocycles. The van der Waals surface area contributed by atoms with Gasteiger partial charge in [-0.1, -0.05) is 18.3 Å². The molecule has 0 bridgehead atoms. The van der Waals surface area contributed by atoms with Crippen molar-refractivity contribution >= 4 is 11.8 Å². The third-order valence-corrected chi connectivity index (χ3v) is 3.23. The zero-order valence-electron chi connectivity index (χ0n) is 10.6. The van der Waals surface area contributed by atoms with Crippen LogP contribution < -0.4 is 11.1 Å². The molecule has 4 nitrogen and oxygen atoms in total. The third kappa shape index (κ3) is 3.59. The molecule has 1 fully saturated rings. The van der Waals surface area contributed by atoms with Gasteiger partial charge in [0.15, 0.2) is 0 Å². The van der Waals surface area contributed by atoms with Crippen LogP contribution in [0.4, 0.5) is 0 Å². The lowest BCUT2D eigenvalue weighted by atomic mass is 9.85. The van der Waals surface area contributed by atoms with Crippen molar-refractivity contribution in [3.63, 3.8) is 0 Å². The van der Waals surface area contributed by atoms with E-state index in [0.29, 0.717) is 12.1 Å². The molecule has 4 heteroatoms. The fraction of sp³-hybridized carbons (Fsp3) is 0.333. The summed E-state index contributed by atoms with van der Waals surface area (Å²) in [5, 5.41) is 2.80. The molecule has 0 radical (unpaired) electrons. The topological polar surface area (TPSA) is 72.2 Å². The molecule has 1 aliphatic rings. The second kappa shape index (κ2) is 6.05. The number of hydrogen-bond acceptors (Lipinski definition) is 2. The van der Waals surface area contributed by atoms with Crippen LogP contribution in [0, 0.1) is 17.8 Å². The summed E-state index contributed by atoms with van der Waals surface area (Å²) < 4.78 is 0. The third-order valence-electron chi connectivity index (χ3n) is 3.23. The van der Waals surface area contributed by atoms with E-state index in [1.54, 1.807) is 24.3 Å². The highest BCUT2D eigenvalue weighted by atomic mass is 16.2. The highest BCUT2D eigenvalue weighted by Crippen LogP contribution is 2.25. The number of benzene rings is 1. The van der Waals surface area contributed by atoms with Gasteiger partial charge in [-0.3, -0.25) is 9.59 Å². The maximum atomic E-state index is 11.5. The van der Waals surface area contributed by atoms with Gasteiger partial charge in [0.1, 0.15) is 0 Å². The zero-order valence-corrected chi connectivity index (χ0v) is 10.6. The largest absolute Gasteiger partial charge is 0.366 e. The number of primary amides is 1. The number of rotatable bonds is 3. The first-order valence-corrected chi connectivity index (χ1v) is 6.33. The van der Waals surface area contributed by atoms with E-state index < -0.39 is 5.91 Å². The molecular formula is C15H16N2O2. The number of amides is 2. The molecule has 2 rings (SSSR count). The predicted octanol–water partition coefficient (Wildman–Crippen LogP) is 1.05. The van der Waals surface area contributed by atoms with E-state index in [-0.39, 0.29) is 11.8 Å². The van der Waals surface area contributed by atoms with Crippen LogP contribution in [0.1, 0.15) is 35.2 Å². The van der Waals surface area contributed by atoms with Crippen molar-refractivity contribution in [2.45, 2.75) is 19.3 Å². The molecule has 3 N–H and O–H groups in total. The van der Waals surface area contributed by atoms with Gasteiger partial charge in [-0.2, -0.15) is 0 Å². The smallest absolute Gasteiger partial charge is 0.248 e. The van der Waals surface area contributed by atoms with Crippen molar-refractivity contribution in [2.75, 3.05) is 6.54 Å². The summed E-state index contributed by atoms with van der Waals surface area (Å²) in [7, 11) is 0. The quantitative estimate of drug-likeness (QED) is 0.793. The monoisotopic (exact) mass is 256 g/mol. The SMILES string of the molecule is NC(=O)c1ccc(C#CCNC(=O)C2CCC2)cc1. The van der Waals surface area contributed by atoms with Crippen LogP contribution in [-0.4, -0.2) is 18.4 Å².